The molecule has 2 aromatic rings. The van der Waals surface area contributed by atoms with Crippen LogP contribution in [0.15, 0.2) is 36.5 Å². The van der Waals surface area contributed by atoms with Crippen LogP contribution in [-0.4, -0.2) is 84.3 Å². The summed E-state index contributed by atoms with van der Waals surface area (Å²) in [5.74, 6) is 4.68. The third-order valence-corrected chi connectivity index (χ3v) is 5.86. The fourth-order valence-electron chi connectivity index (χ4n) is 3.76. The van der Waals surface area contributed by atoms with E-state index in [0.29, 0.717) is 17.7 Å². The van der Waals surface area contributed by atoms with Crippen LogP contribution in [0, 0.1) is 23.6 Å². The summed E-state index contributed by atoms with van der Waals surface area (Å²) in [5.41, 5.74) is 1.12. The van der Waals surface area contributed by atoms with Crippen LogP contribution in [0.3, 0.4) is 0 Å². The van der Waals surface area contributed by atoms with Gasteiger partial charge in [0.05, 0.1) is 19.2 Å². The topological polar surface area (TPSA) is 92.2 Å². The highest BCUT2D eigenvalue weighted by atomic mass is 19.1. The molecular weight excluding hydrogens is 453 g/mol. The summed E-state index contributed by atoms with van der Waals surface area (Å²) in [6.07, 6.45) is 1.02. The molecule has 1 aliphatic heterocycles. The summed E-state index contributed by atoms with van der Waals surface area (Å²) in [6, 6.07) is 6.53. The van der Waals surface area contributed by atoms with Crippen molar-refractivity contribution in [2.75, 3.05) is 40.5 Å². The van der Waals surface area contributed by atoms with Gasteiger partial charge < -0.3 is 24.4 Å². The molecule has 0 spiro atoms. The number of benzene rings is 1. The number of aliphatic hydroxyl groups is 1. The molecule has 1 aliphatic rings. The average Bonchev–Trinajstić information content (AvgIpc) is 2.86. The number of aromatic nitrogens is 1. The summed E-state index contributed by atoms with van der Waals surface area (Å²) < 4.78 is 24.4. The fraction of sp³-hybridized carbons (Fsp3) is 0.423. The molecule has 0 saturated carbocycles. The van der Waals surface area contributed by atoms with Gasteiger partial charge >= 0.3 is 0 Å². The molecule has 0 bridgehead atoms. The number of amides is 2. The van der Waals surface area contributed by atoms with Gasteiger partial charge in [0, 0.05) is 43.9 Å². The monoisotopic (exact) mass is 483 g/mol. The van der Waals surface area contributed by atoms with E-state index in [2.05, 4.69) is 16.8 Å². The highest BCUT2D eigenvalue weighted by Crippen LogP contribution is 2.27. The van der Waals surface area contributed by atoms with Crippen LogP contribution in [0.4, 0.5) is 4.39 Å². The Morgan fingerprint density at radius 1 is 1.40 bits per heavy atom. The van der Waals surface area contributed by atoms with Gasteiger partial charge in [0.15, 0.2) is 0 Å². The lowest BCUT2D eigenvalue weighted by Gasteiger charge is -2.37. The van der Waals surface area contributed by atoms with Gasteiger partial charge in [0.2, 0.25) is 5.88 Å². The van der Waals surface area contributed by atoms with E-state index in [9.17, 15) is 19.1 Å². The summed E-state index contributed by atoms with van der Waals surface area (Å²) >= 11 is 0. The van der Waals surface area contributed by atoms with Crippen molar-refractivity contribution < 1.29 is 28.6 Å². The van der Waals surface area contributed by atoms with Gasteiger partial charge in [-0.3, -0.25) is 9.59 Å². The van der Waals surface area contributed by atoms with E-state index in [1.807, 2.05) is 6.92 Å². The molecule has 1 aromatic carbocycles. The van der Waals surface area contributed by atoms with Crippen LogP contribution in [0.1, 0.15) is 40.1 Å². The predicted molar refractivity (Wildman–Crippen MR) is 128 cm³/mol. The maximum Gasteiger partial charge on any atom is 0.259 e. The lowest BCUT2D eigenvalue weighted by molar-refractivity contribution is 0.0313. The van der Waals surface area contributed by atoms with Gasteiger partial charge in [-0.15, -0.1) is 0 Å². The number of hydrogen-bond acceptors (Lipinski definition) is 6. The van der Waals surface area contributed by atoms with E-state index in [0.717, 1.165) is 0 Å². The first kappa shape index (κ1) is 26.1. The van der Waals surface area contributed by atoms with E-state index < -0.39 is 18.0 Å². The van der Waals surface area contributed by atoms with Crippen molar-refractivity contribution >= 4 is 11.8 Å². The maximum absolute atomic E-state index is 13.4. The zero-order valence-corrected chi connectivity index (χ0v) is 20.3. The fourth-order valence-corrected chi connectivity index (χ4v) is 3.76. The van der Waals surface area contributed by atoms with E-state index in [4.69, 9.17) is 9.47 Å². The van der Waals surface area contributed by atoms with Crippen molar-refractivity contribution in [3.8, 4) is 17.7 Å². The van der Waals surface area contributed by atoms with Gasteiger partial charge in [-0.05, 0) is 37.3 Å². The molecule has 0 saturated heterocycles. The smallest absolute Gasteiger partial charge is 0.259 e. The second-order valence-electron chi connectivity index (χ2n) is 8.63. The molecule has 0 unspecified atom stereocenters. The van der Waals surface area contributed by atoms with Crippen molar-refractivity contribution in [3.05, 3.63) is 59.0 Å². The second kappa shape index (κ2) is 11.8. The van der Waals surface area contributed by atoms with Gasteiger partial charge in [-0.2, -0.15) is 0 Å². The lowest BCUT2D eigenvalue weighted by Crippen LogP contribution is -2.50. The number of methoxy groups -OCH3 is 1. The number of carbonyl (C=O) groups excluding carboxylic acids is 2. The molecule has 0 aliphatic carbocycles. The summed E-state index contributed by atoms with van der Waals surface area (Å²) in [7, 11) is 3.18. The number of ether oxygens (including phenoxy) is 2. The van der Waals surface area contributed by atoms with Crippen molar-refractivity contribution in [2.45, 2.75) is 26.0 Å². The third-order valence-electron chi connectivity index (χ3n) is 5.86. The number of halogens is 1. The number of likely N-dealkylation sites (N-methyl/N-ethyl adjacent to an activating group) is 1. The summed E-state index contributed by atoms with van der Waals surface area (Å²) in [6.45, 7) is 4.24. The van der Waals surface area contributed by atoms with E-state index in [1.165, 1.54) is 42.5 Å². The molecule has 0 fully saturated rings. The van der Waals surface area contributed by atoms with Crippen LogP contribution in [0.2, 0.25) is 0 Å². The second-order valence-corrected chi connectivity index (χ2v) is 8.63. The first-order chi connectivity index (χ1) is 16.7. The number of hydrogen-bond donors (Lipinski definition) is 1. The minimum atomic E-state index is -0.498. The molecular formula is C26H30FN3O5. The number of nitrogens with zero attached hydrogens (tertiary/aromatic N) is 3. The summed E-state index contributed by atoms with van der Waals surface area (Å²) in [4.78, 5) is 33.7. The first-order valence-electron chi connectivity index (χ1n) is 11.3. The van der Waals surface area contributed by atoms with Crippen LogP contribution >= 0.6 is 0 Å². The molecule has 35 heavy (non-hydrogen) atoms. The van der Waals surface area contributed by atoms with E-state index in [-0.39, 0.29) is 48.9 Å². The first-order valence-corrected chi connectivity index (χ1v) is 11.3. The van der Waals surface area contributed by atoms with Gasteiger partial charge in [0.25, 0.3) is 11.8 Å². The molecule has 0 radical (unpaired) electrons. The Bertz CT molecular complexity index is 1110. The molecule has 9 heteroatoms. The van der Waals surface area contributed by atoms with Crippen molar-refractivity contribution in [1.82, 2.24) is 14.8 Å². The Balaban J connectivity index is 1.92. The lowest BCUT2D eigenvalue weighted by atomic mass is 9.99. The standard InChI is InChI=1S/C26H30FN3O5/c1-17-14-30(18(2)16-31)26(33)22-12-19(6-5-11-34-4)13-28-24(22)35-23(17)15-29(3)25(32)20-7-9-21(27)10-8-20/h7-10,12-13,17-18,23,31H,11,14-16H2,1-4H3/t17-,18-,23-/m1/s1. The number of rotatable bonds is 6. The number of pyridine rings is 1. The Labute approximate surface area is 204 Å². The SMILES string of the molecule is COCC#Cc1cnc2c(c1)C(=O)N([C@H](C)CO)C[C@@H](C)[C@@H](CN(C)C(=O)c1ccc(F)cc1)O2. The van der Waals surface area contributed by atoms with Crippen LogP contribution in [0.25, 0.3) is 0 Å². The number of carbonyl (C=O) groups is 2. The molecule has 1 aromatic heterocycles. The highest BCUT2D eigenvalue weighted by Gasteiger charge is 2.34. The molecule has 2 heterocycles. The Kier molecular flexibility index (Phi) is 8.79. The van der Waals surface area contributed by atoms with Crippen LogP contribution in [-0.2, 0) is 4.74 Å². The molecule has 186 valence electrons. The third kappa shape index (κ3) is 6.35. The average molecular weight is 484 g/mol. The quantitative estimate of drug-likeness (QED) is 0.634. The molecule has 8 nitrogen and oxygen atoms in total. The van der Waals surface area contributed by atoms with Crippen molar-refractivity contribution in [1.29, 1.82) is 0 Å². The van der Waals surface area contributed by atoms with Crippen molar-refractivity contribution in [2.24, 2.45) is 5.92 Å². The highest BCUT2D eigenvalue weighted by molar-refractivity contribution is 5.97. The number of aliphatic hydroxyl groups excluding tert-OH is 1. The van der Waals surface area contributed by atoms with Gasteiger partial charge in [0.1, 0.15) is 24.1 Å². The van der Waals surface area contributed by atoms with Gasteiger partial charge in [-0.25, -0.2) is 9.37 Å². The van der Waals surface area contributed by atoms with E-state index >= 15 is 0 Å². The summed E-state index contributed by atoms with van der Waals surface area (Å²) in [5, 5.41) is 9.77. The largest absolute Gasteiger partial charge is 0.472 e. The number of fused-ring (bicyclic) bond motifs is 1. The molecule has 3 atom stereocenters. The maximum atomic E-state index is 13.4. The van der Waals surface area contributed by atoms with Crippen LogP contribution < -0.4 is 4.74 Å². The molecule has 2 amide bonds. The zero-order chi connectivity index (χ0) is 25.5. The normalized spacial score (nSPS) is 18.3. The zero-order valence-electron chi connectivity index (χ0n) is 20.3. The molecule has 1 N–H and O–H groups in total. The van der Waals surface area contributed by atoms with Crippen LogP contribution in [0.5, 0.6) is 5.88 Å². The Hall–Kier alpha value is -3.48. The van der Waals surface area contributed by atoms with Crippen molar-refractivity contribution in [3.63, 3.8) is 0 Å². The Morgan fingerprint density at radius 2 is 2.11 bits per heavy atom. The minimum Gasteiger partial charge on any atom is -0.472 e. The Morgan fingerprint density at radius 3 is 2.77 bits per heavy atom. The van der Waals surface area contributed by atoms with Gasteiger partial charge in [-0.1, -0.05) is 18.8 Å². The minimum absolute atomic E-state index is 0.140. The van der Waals surface area contributed by atoms with E-state index in [1.54, 1.807) is 24.9 Å². The molecule has 3 rings (SSSR count). The predicted octanol–water partition coefficient (Wildman–Crippen LogP) is 2.21.